The number of fused-ring (bicyclic) bond motifs is 1. The number of ether oxygens (including phenoxy) is 1. The average molecular weight is 573 g/mol. The molecular formula is C33H40N4O5. The number of methoxy groups -OCH3 is 1. The van der Waals surface area contributed by atoms with Crippen LogP contribution in [0.3, 0.4) is 0 Å². The lowest BCUT2D eigenvalue weighted by atomic mass is 10.0. The number of aryl methyl sites for hydroxylation is 1. The van der Waals surface area contributed by atoms with E-state index >= 15 is 0 Å². The third-order valence-corrected chi connectivity index (χ3v) is 7.52. The molecule has 1 saturated heterocycles. The summed E-state index contributed by atoms with van der Waals surface area (Å²) in [6.07, 6.45) is 3.39. The molecule has 0 saturated carbocycles. The molecule has 1 fully saturated rings. The zero-order valence-electron chi connectivity index (χ0n) is 24.1. The molecule has 9 nitrogen and oxygen atoms in total. The first-order valence-corrected chi connectivity index (χ1v) is 14.6. The topological polar surface area (TPSA) is 117 Å². The average Bonchev–Trinajstić information content (AvgIpc) is 3.03. The van der Waals surface area contributed by atoms with E-state index in [9.17, 15) is 19.2 Å². The van der Waals surface area contributed by atoms with Crippen molar-refractivity contribution in [2.24, 2.45) is 0 Å². The van der Waals surface area contributed by atoms with Crippen LogP contribution in [0.1, 0.15) is 43.2 Å². The molecular weight excluding hydrogens is 532 g/mol. The van der Waals surface area contributed by atoms with Crippen LogP contribution in [0.2, 0.25) is 0 Å². The molecule has 2 atom stereocenters. The quantitative estimate of drug-likeness (QED) is 0.291. The van der Waals surface area contributed by atoms with Crippen LogP contribution in [0.15, 0.2) is 72.8 Å². The van der Waals surface area contributed by atoms with E-state index in [0.717, 1.165) is 41.2 Å². The first-order chi connectivity index (χ1) is 20.4. The summed E-state index contributed by atoms with van der Waals surface area (Å²) in [4.78, 5) is 54.4. The second-order valence-corrected chi connectivity index (χ2v) is 10.6. The van der Waals surface area contributed by atoms with E-state index < -0.39 is 23.9 Å². The number of hydrogen-bond acceptors (Lipinski definition) is 5. The van der Waals surface area contributed by atoms with Gasteiger partial charge in [-0.2, -0.15) is 0 Å². The number of carbonyl (C=O) groups excluding carboxylic acids is 4. The van der Waals surface area contributed by atoms with Gasteiger partial charge in [-0.1, -0.05) is 72.8 Å². The molecule has 222 valence electrons. The molecule has 4 rings (SSSR count). The van der Waals surface area contributed by atoms with Crippen molar-refractivity contribution in [1.82, 2.24) is 20.9 Å². The summed E-state index contributed by atoms with van der Waals surface area (Å²) < 4.78 is 5.23. The highest BCUT2D eigenvalue weighted by Crippen LogP contribution is 2.18. The molecule has 3 aromatic carbocycles. The van der Waals surface area contributed by atoms with Gasteiger partial charge in [0.1, 0.15) is 12.1 Å². The number of benzene rings is 3. The van der Waals surface area contributed by atoms with E-state index in [1.807, 2.05) is 72.8 Å². The second kappa shape index (κ2) is 15.7. The van der Waals surface area contributed by atoms with Crippen LogP contribution in [-0.4, -0.2) is 67.4 Å². The summed E-state index contributed by atoms with van der Waals surface area (Å²) in [5, 5.41) is 10.5. The Hall–Kier alpha value is -4.24. The van der Waals surface area contributed by atoms with Crippen molar-refractivity contribution in [3.8, 4) is 0 Å². The number of amides is 4. The van der Waals surface area contributed by atoms with Crippen LogP contribution < -0.4 is 16.0 Å². The maximum Gasteiger partial charge on any atom is 0.245 e. The van der Waals surface area contributed by atoms with Crippen LogP contribution in [0.5, 0.6) is 0 Å². The predicted molar refractivity (Wildman–Crippen MR) is 161 cm³/mol. The van der Waals surface area contributed by atoms with E-state index in [-0.39, 0.29) is 37.8 Å². The van der Waals surface area contributed by atoms with Crippen molar-refractivity contribution < 1.29 is 23.9 Å². The summed E-state index contributed by atoms with van der Waals surface area (Å²) in [5.41, 5.74) is 1.95. The predicted octanol–water partition coefficient (Wildman–Crippen LogP) is 3.11. The van der Waals surface area contributed by atoms with Gasteiger partial charge in [0.25, 0.3) is 0 Å². The lowest BCUT2D eigenvalue weighted by Gasteiger charge is -2.29. The van der Waals surface area contributed by atoms with E-state index in [2.05, 4.69) is 16.0 Å². The van der Waals surface area contributed by atoms with Crippen LogP contribution in [0.4, 0.5) is 0 Å². The van der Waals surface area contributed by atoms with Crippen molar-refractivity contribution in [3.63, 3.8) is 0 Å². The third-order valence-electron chi connectivity index (χ3n) is 7.52. The number of nitrogens with zero attached hydrogens (tertiary/aromatic N) is 1. The number of hydrogen-bond donors (Lipinski definition) is 3. The van der Waals surface area contributed by atoms with Gasteiger partial charge in [-0.3, -0.25) is 19.2 Å². The van der Waals surface area contributed by atoms with Crippen molar-refractivity contribution in [2.75, 3.05) is 26.8 Å². The van der Waals surface area contributed by atoms with Gasteiger partial charge in [0, 0.05) is 33.2 Å². The molecule has 1 aliphatic rings. The molecule has 0 bridgehead atoms. The van der Waals surface area contributed by atoms with Gasteiger partial charge < -0.3 is 25.6 Å². The summed E-state index contributed by atoms with van der Waals surface area (Å²) >= 11 is 0. The zero-order chi connectivity index (χ0) is 29.7. The summed E-state index contributed by atoms with van der Waals surface area (Å²) in [7, 11) is 1.44. The highest BCUT2D eigenvalue weighted by molar-refractivity contribution is 5.95. The van der Waals surface area contributed by atoms with E-state index in [1.54, 1.807) is 4.90 Å². The van der Waals surface area contributed by atoms with Crippen molar-refractivity contribution in [3.05, 3.63) is 83.9 Å². The number of carbonyl (C=O) groups is 4. The smallest absolute Gasteiger partial charge is 0.245 e. The minimum absolute atomic E-state index is 0.0676. The monoisotopic (exact) mass is 572 g/mol. The van der Waals surface area contributed by atoms with E-state index in [4.69, 9.17) is 4.74 Å². The van der Waals surface area contributed by atoms with Gasteiger partial charge in [0.2, 0.25) is 23.6 Å². The van der Waals surface area contributed by atoms with Crippen LogP contribution in [0, 0.1) is 0 Å². The Morgan fingerprint density at radius 1 is 0.810 bits per heavy atom. The lowest BCUT2D eigenvalue weighted by molar-refractivity contribution is -0.138. The molecule has 0 aromatic heterocycles. The molecule has 42 heavy (non-hydrogen) atoms. The Kier molecular flexibility index (Phi) is 11.5. The third kappa shape index (κ3) is 8.88. The van der Waals surface area contributed by atoms with Crippen molar-refractivity contribution in [1.29, 1.82) is 0 Å². The van der Waals surface area contributed by atoms with E-state index in [1.165, 1.54) is 7.11 Å². The number of nitrogens with one attached hydrogen (secondary N) is 3. The van der Waals surface area contributed by atoms with Gasteiger partial charge in [0.15, 0.2) is 0 Å². The molecule has 3 N–H and O–H groups in total. The largest absolute Gasteiger partial charge is 0.382 e. The molecule has 4 amide bonds. The summed E-state index contributed by atoms with van der Waals surface area (Å²) in [5.74, 6) is -1.55. The Labute approximate surface area is 247 Å². The van der Waals surface area contributed by atoms with Gasteiger partial charge in [0.05, 0.1) is 13.0 Å². The first kappa shape index (κ1) is 30.7. The van der Waals surface area contributed by atoms with Gasteiger partial charge in [-0.25, -0.2) is 0 Å². The maximum absolute atomic E-state index is 13.5. The van der Waals surface area contributed by atoms with Crippen LogP contribution >= 0.6 is 0 Å². The normalized spacial score (nSPS) is 14.5. The Morgan fingerprint density at radius 2 is 1.52 bits per heavy atom. The molecule has 0 spiro atoms. The van der Waals surface area contributed by atoms with Crippen LogP contribution in [0.25, 0.3) is 10.8 Å². The molecule has 1 aliphatic heterocycles. The maximum atomic E-state index is 13.5. The standard InChI is InChI=1S/C33H40N4O5/c1-42-23-29(32(40)34-22-26-15-10-14-25-13-6-7-16-27(25)26)36-33(41)28(21-31(39)37-19-8-3-9-20-37)35-30(38)18-17-24-11-4-2-5-12-24/h2,4-7,10-16,28-29H,3,8-9,17-23H2,1H3,(H,34,40)(H,35,38)(H,36,41)/t28-,29-/m0/s1. The Morgan fingerprint density at radius 3 is 2.29 bits per heavy atom. The molecule has 1 heterocycles. The fourth-order valence-corrected chi connectivity index (χ4v) is 5.20. The number of piperidine rings is 1. The van der Waals surface area contributed by atoms with Gasteiger partial charge >= 0.3 is 0 Å². The molecule has 3 aromatic rings. The Balaban J connectivity index is 1.41. The fourth-order valence-electron chi connectivity index (χ4n) is 5.20. The second-order valence-electron chi connectivity index (χ2n) is 10.6. The number of rotatable bonds is 13. The minimum atomic E-state index is -1.12. The zero-order valence-corrected chi connectivity index (χ0v) is 24.1. The highest BCUT2D eigenvalue weighted by atomic mass is 16.5. The summed E-state index contributed by atoms with van der Waals surface area (Å²) in [6.45, 7) is 1.47. The molecule has 0 unspecified atom stereocenters. The van der Waals surface area contributed by atoms with Gasteiger partial charge in [-0.05, 0) is 47.6 Å². The fraction of sp³-hybridized carbons (Fsp3) is 0.394. The first-order valence-electron chi connectivity index (χ1n) is 14.6. The molecule has 0 radical (unpaired) electrons. The lowest BCUT2D eigenvalue weighted by Crippen LogP contribution is -2.56. The van der Waals surface area contributed by atoms with Gasteiger partial charge in [-0.15, -0.1) is 0 Å². The highest BCUT2D eigenvalue weighted by Gasteiger charge is 2.30. The molecule has 0 aliphatic carbocycles. The van der Waals surface area contributed by atoms with E-state index in [0.29, 0.717) is 19.5 Å². The van der Waals surface area contributed by atoms with Crippen molar-refractivity contribution in [2.45, 2.75) is 57.2 Å². The van der Waals surface area contributed by atoms with Crippen LogP contribution in [-0.2, 0) is 36.9 Å². The molecule has 9 heteroatoms. The SMILES string of the molecule is COC[C@H](NC(=O)[C@H](CC(=O)N1CCCCC1)NC(=O)CCc1ccccc1)C(=O)NCc1cccc2ccccc12. The van der Waals surface area contributed by atoms with Crippen molar-refractivity contribution >= 4 is 34.4 Å². The Bertz CT molecular complexity index is 1350. The number of likely N-dealkylation sites (tertiary alicyclic amines) is 1. The minimum Gasteiger partial charge on any atom is -0.382 e. The summed E-state index contributed by atoms with van der Waals surface area (Å²) in [6, 6.07) is 21.3.